The minimum absolute atomic E-state index is 0.566. The van der Waals surface area contributed by atoms with E-state index < -0.39 is 0 Å². The lowest BCUT2D eigenvalue weighted by Gasteiger charge is -2.36. The van der Waals surface area contributed by atoms with E-state index in [9.17, 15) is 0 Å². The van der Waals surface area contributed by atoms with E-state index in [0.29, 0.717) is 12.1 Å². The molecule has 3 unspecified atom stereocenters. The van der Waals surface area contributed by atoms with Crippen molar-refractivity contribution in [1.82, 2.24) is 10.2 Å². The maximum absolute atomic E-state index is 6.14. The fourth-order valence-corrected chi connectivity index (χ4v) is 5.52. The van der Waals surface area contributed by atoms with Crippen LogP contribution in [0.2, 0.25) is 4.34 Å². The van der Waals surface area contributed by atoms with Crippen molar-refractivity contribution in [3.8, 4) is 0 Å². The molecule has 4 rings (SSSR count). The first-order valence-electron chi connectivity index (χ1n) is 7.58. The molecule has 0 saturated carbocycles. The highest BCUT2D eigenvalue weighted by Crippen LogP contribution is 2.40. The molecule has 3 heterocycles. The van der Waals surface area contributed by atoms with E-state index in [2.05, 4.69) is 16.3 Å². The van der Waals surface area contributed by atoms with E-state index in [0.717, 1.165) is 10.4 Å². The van der Waals surface area contributed by atoms with Crippen molar-refractivity contribution in [3.05, 3.63) is 20.8 Å². The second kappa shape index (κ2) is 5.03. The molecule has 2 nitrogen and oxygen atoms in total. The van der Waals surface area contributed by atoms with Gasteiger partial charge in [0.1, 0.15) is 0 Å². The highest BCUT2D eigenvalue weighted by Gasteiger charge is 2.34. The summed E-state index contributed by atoms with van der Waals surface area (Å²) in [7, 11) is 0. The molecule has 0 spiro atoms. The van der Waals surface area contributed by atoms with Gasteiger partial charge in [0.25, 0.3) is 0 Å². The van der Waals surface area contributed by atoms with Crippen molar-refractivity contribution in [2.45, 2.75) is 56.7 Å². The van der Waals surface area contributed by atoms with Crippen LogP contribution in [0.1, 0.15) is 48.6 Å². The summed E-state index contributed by atoms with van der Waals surface area (Å²) in [5, 5.41) is 3.92. The molecule has 2 fully saturated rings. The SMILES string of the molecule is Clc1cc2c(s1)CCC2NC1CCN2CCCC2C1. The molecule has 1 aromatic rings. The zero-order chi connectivity index (χ0) is 12.8. The first-order chi connectivity index (χ1) is 9.29. The second-order valence-electron chi connectivity index (χ2n) is 6.24. The minimum atomic E-state index is 0.566. The summed E-state index contributed by atoms with van der Waals surface area (Å²) in [5.74, 6) is 0. The standard InChI is InChI=1S/C15H21ClN2S/c16-15-9-12-13(3-4-14(12)19-15)17-10-5-7-18-6-1-2-11(18)8-10/h9-11,13,17H,1-8H2. The summed E-state index contributed by atoms with van der Waals surface area (Å²) >= 11 is 7.92. The number of hydrogen-bond donors (Lipinski definition) is 1. The van der Waals surface area contributed by atoms with E-state index in [-0.39, 0.29) is 0 Å². The Labute approximate surface area is 124 Å². The number of nitrogens with one attached hydrogen (secondary N) is 1. The summed E-state index contributed by atoms with van der Waals surface area (Å²) < 4.78 is 0.960. The van der Waals surface area contributed by atoms with Crippen molar-refractivity contribution in [1.29, 1.82) is 0 Å². The molecular formula is C15H21ClN2S. The lowest BCUT2D eigenvalue weighted by atomic mass is 9.96. The zero-order valence-electron chi connectivity index (χ0n) is 11.2. The van der Waals surface area contributed by atoms with Crippen LogP contribution in [0.3, 0.4) is 0 Å². The van der Waals surface area contributed by atoms with Gasteiger partial charge in [-0.1, -0.05) is 11.6 Å². The number of piperidine rings is 1. The number of halogens is 1. The predicted molar refractivity (Wildman–Crippen MR) is 81.1 cm³/mol. The molecule has 1 aromatic heterocycles. The average molecular weight is 297 g/mol. The number of rotatable bonds is 2. The van der Waals surface area contributed by atoms with Gasteiger partial charge in [0.05, 0.1) is 4.34 Å². The molecule has 4 heteroatoms. The topological polar surface area (TPSA) is 15.3 Å². The van der Waals surface area contributed by atoms with Crippen molar-refractivity contribution in [2.24, 2.45) is 0 Å². The van der Waals surface area contributed by atoms with Crippen LogP contribution >= 0.6 is 22.9 Å². The van der Waals surface area contributed by atoms with Crippen molar-refractivity contribution in [2.75, 3.05) is 13.1 Å². The summed E-state index contributed by atoms with van der Waals surface area (Å²) in [4.78, 5) is 4.21. The third-order valence-electron chi connectivity index (χ3n) is 5.10. The third-order valence-corrected chi connectivity index (χ3v) is 6.44. The minimum Gasteiger partial charge on any atom is -0.307 e. The Hall–Kier alpha value is -0.0900. The lowest BCUT2D eigenvalue weighted by molar-refractivity contribution is 0.161. The molecule has 0 aromatic carbocycles. The smallest absolute Gasteiger partial charge is 0.0934 e. The van der Waals surface area contributed by atoms with E-state index in [1.165, 1.54) is 62.1 Å². The van der Waals surface area contributed by atoms with Crippen LogP contribution in [0.4, 0.5) is 0 Å². The Morgan fingerprint density at radius 1 is 1.26 bits per heavy atom. The molecule has 1 aliphatic carbocycles. The van der Waals surface area contributed by atoms with Gasteiger partial charge in [-0.05, 0) is 63.2 Å². The molecule has 2 saturated heterocycles. The number of fused-ring (bicyclic) bond motifs is 2. The van der Waals surface area contributed by atoms with Crippen LogP contribution < -0.4 is 5.32 Å². The van der Waals surface area contributed by atoms with Gasteiger partial charge in [-0.2, -0.15) is 0 Å². The molecule has 104 valence electrons. The summed E-state index contributed by atoms with van der Waals surface area (Å²) in [5.41, 5.74) is 1.49. The van der Waals surface area contributed by atoms with Gasteiger partial charge in [-0.15, -0.1) is 11.3 Å². The number of aryl methyl sites for hydroxylation is 1. The number of thiophene rings is 1. The van der Waals surface area contributed by atoms with Crippen LogP contribution in [-0.4, -0.2) is 30.1 Å². The highest BCUT2D eigenvalue weighted by molar-refractivity contribution is 7.16. The fraction of sp³-hybridized carbons (Fsp3) is 0.733. The fourth-order valence-electron chi connectivity index (χ4n) is 4.16. The largest absolute Gasteiger partial charge is 0.307 e. The summed E-state index contributed by atoms with van der Waals surface area (Å²) in [6, 6.07) is 4.33. The zero-order valence-corrected chi connectivity index (χ0v) is 12.8. The molecule has 19 heavy (non-hydrogen) atoms. The van der Waals surface area contributed by atoms with Crippen LogP contribution in [0.5, 0.6) is 0 Å². The van der Waals surface area contributed by atoms with Gasteiger partial charge in [0.2, 0.25) is 0 Å². The first-order valence-corrected chi connectivity index (χ1v) is 8.77. The predicted octanol–water partition coefficient (Wildman–Crippen LogP) is 3.61. The average Bonchev–Trinajstić information content (AvgIpc) is 3.06. The van der Waals surface area contributed by atoms with Crippen LogP contribution in [-0.2, 0) is 6.42 Å². The van der Waals surface area contributed by atoms with E-state index >= 15 is 0 Å². The molecule has 3 atom stereocenters. The second-order valence-corrected chi connectivity index (χ2v) is 8.01. The van der Waals surface area contributed by atoms with Crippen LogP contribution in [0.25, 0.3) is 0 Å². The molecule has 1 N–H and O–H groups in total. The Kier molecular flexibility index (Phi) is 3.34. The summed E-state index contributed by atoms with van der Waals surface area (Å²) in [6.45, 7) is 2.64. The van der Waals surface area contributed by atoms with Crippen LogP contribution in [0, 0.1) is 0 Å². The quantitative estimate of drug-likeness (QED) is 0.897. The molecule has 3 aliphatic rings. The van der Waals surface area contributed by atoms with E-state index in [1.54, 1.807) is 11.3 Å². The van der Waals surface area contributed by atoms with Gasteiger partial charge < -0.3 is 10.2 Å². The molecule has 0 radical (unpaired) electrons. The van der Waals surface area contributed by atoms with Gasteiger partial charge >= 0.3 is 0 Å². The Balaban J connectivity index is 1.42. The molecular weight excluding hydrogens is 276 g/mol. The van der Waals surface area contributed by atoms with Gasteiger partial charge in [-0.3, -0.25) is 0 Å². The van der Waals surface area contributed by atoms with Crippen molar-refractivity contribution < 1.29 is 0 Å². The number of hydrogen-bond acceptors (Lipinski definition) is 3. The Morgan fingerprint density at radius 2 is 2.21 bits per heavy atom. The molecule has 0 bridgehead atoms. The van der Waals surface area contributed by atoms with Crippen molar-refractivity contribution in [3.63, 3.8) is 0 Å². The molecule has 0 amide bonds. The van der Waals surface area contributed by atoms with Gasteiger partial charge in [0, 0.05) is 23.0 Å². The summed E-state index contributed by atoms with van der Waals surface area (Å²) in [6.07, 6.45) is 7.98. The molecule has 2 aliphatic heterocycles. The number of nitrogens with zero attached hydrogens (tertiary/aromatic N) is 1. The van der Waals surface area contributed by atoms with Gasteiger partial charge in [-0.25, -0.2) is 0 Å². The highest BCUT2D eigenvalue weighted by atomic mass is 35.5. The maximum Gasteiger partial charge on any atom is 0.0934 e. The normalized spacial score (nSPS) is 34.5. The van der Waals surface area contributed by atoms with E-state index in [1.807, 2.05) is 0 Å². The Morgan fingerprint density at radius 3 is 3.16 bits per heavy atom. The lowest BCUT2D eigenvalue weighted by Crippen LogP contribution is -2.46. The monoisotopic (exact) mass is 296 g/mol. The maximum atomic E-state index is 6.14. The Bertz CT molecular complexity index is 473. The van der Waals surface area contributed by atoms with Crippen molar-refractivity contribution >= 4 is 22.9 Å². The van der Waals surface area contributed by atoms with Crippen LogP contribution in [0.15, 0.2) is 6.07 Å². The third kappa shape index (κ3) is 2.35. The first kappa shape index (κ1) is 12.6. The van der Waals surface area contributed by atoms with Gasteiger partial charge in [0.15, 0.2) is 0 Å². The van der Waals surface area contributed by atoms with E-state index in [4.69, 9.17) is 11.6 Å².